The van der Waals surface area contributed by atoms with Crippen molar-refractivity contribution in [1.29, 1.82) is 0 Å². The molecule has 31 heavy (non-hydrogen) atoms. The molecule has 0 saturated heterocycles. The normalized spacial score (nSPS) is 12.0. The lowest BCUT2D eigenvalue weighted by molar-refractivity contribution is -0.432. The highest BCUT2D eigenvalue weighted by Crippen LogP contribution is 2.38. The van der Waals surface area contributed by atoms with Crippen molar-refractivity contribution in [2.75, 3.05) is 6.61 Å². The van der Waals surface area contributed by atoms with E-state index in [2.05, 4.69) is 26.5 Å². The Balaban J connectivity index is 1.97. The number of benzene rings is 3. The molecule has 0 aliphatic heterocycles. The summed E-state index contributed by atoms with van der Waals surface area (Å²) in [6.45, 7) is 2.60. The summed E-state index contributed by atoms with van der Waals surface area (Å²) in [6, 6.07) is 14.5. The van der Waals surface area contributed by atoms with Crippen LogP contribution in [0.5, 0.6) is 5.75 Å². The van der Waals surface area contributed by atoms with Crippen LogP contribution in [0, 0.1) is 0 Å². The molecule has 11 heteroatoms. The topological polar surface area (TPSA) is 127 Å². The van der Waals surface area contributed by atoms with Crippen molar-refractivity contribution in [3.63, 3.8) is 0 Å². The highest BCUT2D eigenvalue weighted by molar-refractivity contribution is 7.94. The smallest absolute Gasteiger partial charge is 0.294 e. The van der Waals surface area contributed by atoms with Crippen molar-refractivity contribution in [3.05, 3.63) is 54.6 Å². The van der Waals surface area contributed by atoms with Crippen LogP contribution in [-0.2, 0) is 19.5 Å². The summed E-state index contributed by atoms with van der Waals surface area (Å²) >= 11 is 0.849. The third-order valence-corrected chi connectivity index (χ3v) is 5.69. The maximum Gasteiger partial charge on any atom is 0.294 e. The maximum atomic E-state index is 11.2. The Bertz CT molecular complexity index is 1170. The molecule has 0 amide bonds. The molecule has 3 aromatic rings. The van der Waals surface area contributed by atoms with Gasteiger partial charge in [0.2, 0.25) is 0 Å². The van der Waals surface area contributed by atoms with Crippen LogP contribution in [0.15, 0.2) is 74.6 Å². The van der Waals surface area contributed by atoms with Crippen LogP contribution < -0.4 is 4.74 Å². The molecule has 3 rings (SSSR count). The fraction of sp³-hybridized carbons (Fsp3) is 0.200. The lowest BCUT2D eigenvalue weighted by Gasteiger charge is -2.11. The summed E-state index contributed by atoms with van der Waals surface area (Å²) in [5.41, 5.74) is 0.924. The Hall–Kier alpha value is -2.54. The fourth-order valence-electron chi connectivity index (χ4n) is 2.72. The monoisotopic (exact) mass is 464 g/mol. The van der Waals surface area contributed by atoms with E-state index in [1.807, 2.05) is 18.2 Å². The average molecular weight is 465 g/mol. The fourth-order valence-corrected chi connectivity index (χ4v) is 3.60. The molecule has 0 atom stereocenters. The van der Waals surface area contributed by atoms with Crippen LogP contribution in [0.25, 0.3) is 10.8 Å². The van der Waals surface area contributed by atoms with Crippen molar-refractivity contribution in [2.24, 2.45) is 10.2 Å². The van der Waals surface area contributed by atoms with E-state index in [9.17, 15) is 8.42 Å². The number of nitrogens with zero attached hydrogens (tertiary/aromatic N) is 2. The van der Waals surface area contributed by atoms with Crippen LogP contribution in [0.3, 0.4) is 0 Å². The van der Waals surface area contributed by atoms with Gasteiger partial charge < -0.3 is 4.74 Å². The van der Waals surface area contributed by atoms with Gasteiger partial charge in [-0.05, 0) is 54.3 Å². The van der Waals surface area contributed by atoms with Crippen molar-refractivity contribution in [3.8, 4) is 5.75 Å². The molecule has 0 spiro atoms. The minimum Gasteiger partial charge on any atom is -0.491 e. The summed E-state index contributed by atoms with van der Waals surface area (Å²) in [5.74, 6) is 0.564. The van der Waals surface area contributed by atoms with Crippen LogP contribution in [0.2, 0.25) is 0 Å². The molecule has 0 aliphatic rings. The number of ether oxygens (including phenoxy) is 1. The summed E-state index contributed by atoms with van der Waals surface area (Å²) in [4.78, 5) is 0.476. The van der Waals surface area contributed by atoms with E-state index >= 15 is 0 Å². The van der Waals surface area contributed by atoms with Gasteiger partial charge in [0.05, 0.1) is 29.2 Å². The van der Waals surface area contributed by atoms with Crippen LogP contribution in [-0.4, -0.2) is 24.8 Å². The Morgan fingerprint density at radius 3 is 2.48 bits per heavy atom. The van der Waals surface area contributed by atoms with Gasteiger partial charge in [-0.25, -0.2) is 5.26 Å². The first-order chi connectivity index (χ1) is 14.9. The van der Waals surface area contributed by atoms with E-state index in [4.69, 9.17) is 14.5 Å². The molecule has 0 heterocycles. The van der Waals surface area contributed by atoms with Crippen molar-refractivity contribution >= 4 is 44.3 Å². The predicted octanol–water partition coefficient (Wildman–Crippen LogP) is 6.11. The second-order valence-corrected chi connectivity index (χ2v) is 8.59. The number of hydrogen-bond acceptors (Lipinski definition) is 9. The minimum absolute atomic E-state index is 0.223. The molecule has 3 aromatic carbocycles. The third-order valence-electron chi connectivity index (χ3n) is 4.24. The zero-order chi connectivity index (χ0) is 22.3. The molecule has 0 aliphatic carbocycles. The predicted molar refractivity (Wildman–Crippen MR) is 115 cm³/mol. The summed E-state index contributed by atoms with van der Waals surface area (Å²) in [5, 5.41) is 22.1. The highest BCUT2D eigenvalue weighted by atomic mass is 32.2. The number of hydrogen-bond donors (Lipinski definition) is 2. The minimum atomic E-state index is -4.27. The van der Waals surface area contributed by atoms with Gasteiger partial charge in [0.15, 0.2) is 0 Å². The first kappa shape index (κ1) is 23.1. The van der Waals surface area contributed by atoms with Crippen molar-refractivity contribution in [1.82, 2.24) is 0 Å². The van der Waals surface area contributed by atoms with Crippen LogP contribution in [0.1, 0.15) is 19.8 Å². The quantitative estimate of drug-likeness (QED) is 0.0919. The first-order valence-electron chi connectivity index (χ1n) is 9.26. The molecule has 0 saturated carbocycles. The largest absolute Gasteiger partial charge is 0.491 e. The number of unbranched alkanes of at least 4 members (excludes halogenated alkanes) is 1. The standard InChI is InChI=1S/C20H20N2O7S2/c1-2-3-12-27-19-11-4-14-13-16(30-29-28-23)7-10-18(14)20(19)22-21-15-5-8-17(9-6-15)31(24,25)26/h4-11,13,23H,2-3,12H2,1H3,(H,24,25,26). The summed E-state index contributed by atoms with van der Waals surface area (Å²) in [7, 11) is -4.27. The van der Waals surface area contributed by atoms with E-state index in [1.165, 1.54) is 24.3 Å². The van der Waals surface area contributed by atoms with Gasteiger partial charge in [0, 0.05) is 10.3 Å². The highest BCUT2D eigenvalue weighted by Gasteiger charge is 2.11. The molecular formula is C20H20N2O7S2. The van der Waals surface area contributed by atoms with Crippen molar-refractivity contribution < 1.29 is 32.3 Å². The molecule has 0 aromatic heterocycles. The lowest BCUT2D eigenvalue weighted by atomic mass is 10.1. The first-order valence-corrected chi connectivity index (χ1v) is 11.4. The van der Waals surface area contributed by atoms with Gasteiger partial charge in [-0.15, -0.1) is 9.45 Å². The van der Waals surface area contributed by atoms with Crippen molar-refractivity contribution in [2.45, 2.75) is 29.6 Å². The van der Waals surface area contributed by atoms with Crippen LogP contribution >= 0.6 is 12.0 Å². The van der Waals surface area contributed by atoms with E-state index < -0.39 is 10.1 Å². The Labute approximate surface area is 183 Å². The van der Waals surface area contributed by atoms with Gasteiger partial charge in [-0.1, -0.05) is 30.5 Å². The molecular weight excluding hydrogens is 444 g/mol. The van der Waals surface area contributed by atoms with Gasteiger partial charge in [0.25, 0.3) is 10.1 Å². The van der Waals surface area contributed by atoms with E-state index in [0.717, 1.165) is 35.7 Å². The summed E-state index contributed by atoms with van der Waals surface area (Å²) < 4.78 is 41.8. The molecule has 9 nitrogen and oxygen atoms in total. The number of rotatable bonds is 10. The van der Waals surface area contributed by atoms with Gasteiger partial charge in [-0.2, -0.15) is 13.5 Å². The maximum absolute atomic E-state index is 11.2. The molecule has 164 valence electrons. The second kappa shape index (κ2) is 10.7. The van der Waals surface area contributed by atoms with Crippen LogP contribution in [0.4, 0.5) is 11.4 Å². The SMILES string of the molecule is CCCCOc1ccc2cc(SOOO)ccc2c1N=Nc1ccc(S(=O)(=O)O)cc1. The molecule has 2 N–H and O–H groups in total. The Morgan fingerprint density at radius 2 is 1.81 bits per heavy atom. The van der Waals surface area contributed by atoms with Gasteiger partial charge in [-0.3, -0.25) is 4.55 Å². The number of azo groups is 1. The molecule has 0 bridgehead atoms. The summed E-state index contributed by atoms with van der Waals surface area (Å²) in [6.07, 6.45) is 1.87. The average Bonchev–Trinajstić information content (AvgIpc) is 2.76. The zero-order valence-corrected chi connectivity index (χ0v) is 18.1. The third kappa shape index (κ3) is 6.23. The van der Waals surface area contributed by atoms with E-state index in [-0.39, 0.29) is 4.90 Å². The molecule has 0 radical (unpaired) electrons. The molecule has 0 fully saturated rings. The Kier molecular flexibility index (Phi) is 7.96. The van der Waals surface area contributed by atoms with Gasteiger partial charge >= 0.3 is 0 Å². The second-order valence-electron chi connectivity index (χ2n) is 6.39. The number of fused-ring (bicyclic) bond motifs is 1. The zero-order valence-electron chi connectivity index (χ0n) is 16.5. The Morgan fingerprint density at radius 1 is 1.03 bits per heavy atom. The molecule has 0 unspecified atom stereocenters. The lowest BCUT2D eigenvalue weighted by Crippen LogP contribution is -1.97. The van der Waals surface area contributed by atoms with E-state index in [0.29, 0.717) is 28.6 Å². The van der Waals surface area contributed by atoms with E-state index in [1.54, 1.807) is 12.1 Å². The van der Waals surface area contributed by atoms with Gasteiger partial charge in [0.1, 0.15) is 11.4 Å².